The summed E-state index contributed by atoms with van der Waals surface area (Å²) < 4.78 is 5.14. The average Bonchev–Trinajstić information content (AvgIpc) is 2.55. The predicted molar refractivity (Wildman–Crippen MR) is 66.2 cm³/mol. The lowest BCUT2D eigenvalue weighted by atomic mass is 10.1. The molecule has 0 saturated carbocycles. The van der Waals surface area contributed by atoms with Gasteiger partial charge in [-0.15, -0.1) is 11.3 Å². The SMILES string of the molecule is COc1cc(C)sc1C(=O)NCC(C)(C)N. The maximum atomic E-state index is 11.8. The highest BCUT2D eigenvalue weighted by Gasteiger charge is 2.18. The molecule has 0 aromatic carbocycles. The zero-order chi connectivity index (χ0) is 12.3. The van der Waals surface area contributed by atoms with Gasteiger partial charge in [0, 0.05) is 17.0 Å². The van der Waals surface area contributed by atoms with Crippen molar-refractivity contribution >= 4 is 17.2 Å². The summed E-state index contributed by atoms with van der Waals surface area (Å²) in [5, 5.41) is 2.79. The molecule has 0 unspecified atom stereocenters. The van der Waals surface area contributed by atoms with Crippen LogP contribution in [-0.2, 0) is 0 Å². The Balaban J connectivity index is 2.73. The van der Waals surface area contributed by atoms with Crippen molar-refractivity contribution in [3.63, 3.8) is 0 Å². The monoisotopic (exact) mass is 242 g/mol. The molecule has 0 spiro atoms. The Bertz CT molecular complexity index is 380. The summed E-state index contributed by atoms with van der Waals surface area (Å²) in [5.74, 6) is 0.489. The number of carbonyl (C=O) groups excluding carboxylic acids is 1. The van der Waals surface area contributed by atoms with Gasteiger partial charge in [-0.05, 0) is 26.8 Å². The van der Waals surface area contributed by atoms with Crippen LogP contribution in [0.3, 0.4) is 0 Å². The van der Waals surface area contributed by atoms with E-state index in [0.29, 0.717) is 17.2 Å². The van der Waals surface area contributed by atoms with E-state index in [1.165, 1.54) is 11.3 Å². The standard InChI is InChI=1S/C11H18N2O2S/c1-7-5-8(15-4)9(16-7)10(14)13-6-11(2,3)12/h5H,6,12H2,1-4H3,(H,13,14). The molecule has 5 heteroatoms. The highest BCUT2D eigenvalue weighted by molar-refractivity contribution is 7.14. The topological polar surface area (TPSA) is 64.3 Å². The van der Waals surface area contributed by atoms with Gasteiger partial charge in [0.2, 0.25) is 0 Å². The Morgan fingerprint density at radius 2 is 2.25 bits per heavy atom. The largest absolute Gasteiger partial charge is 0.495 e. The molecule has 0 fully saturated rings. The van der Waals surface area contributed by atoms with Gasteiger partial charge < -0.3 is 15.8 Å². The summed E-state index contributed by atoms with van der Waals surface area (Å²) in [6, 6.07) is 1.85. The molecule has 0 radical (unpaired) electrons. The van der Waals surface area contributed by atoms with Crippen LogP contribution in [0.15, 0.2) is 6.07 Å². The molecule has 0 aliphatic heterocycles. The van der Waals surface area contributed by atoms with Gasteiger partial charge in [0.15, 0.2) is 0 Å². The normalized spacial score (nSPS) is 11.3. The first-order valence-electron chi connectivity index (χ1n) is 5.05. The van der Waals surface area contributed by atoms with Crippen LogP contribution < -0.4 is 15.8 Å². The first kappa shape index (κ1) is 13.0. The third-order valence-electron chi connectivity index (χ3n) is 1.95. The van der Waals surface area contributed by atoms with Gasteiger partial charge in [-0.2, -0.15) is 0 Å². The molecule has 16 heavy (non-hydrogen) atoms. The highest BCUT2D eigenvalue weighted by atomic mass is 32.1. The molecular formula is C11H18N2O2S. The zero-order valence-electron chi connectivity index (χ0n) is 10.1. The van der Waals surface area contributed by atoms with Gasteiger partial charge in [0.1, 0.15) is 10.6 Å². The van der Waals surface area contributed by atoms with Crippen LogP contribution in [0.2, 0.25) is 0 Å². The number of carbonyl (C=O) groups is 1. The second-order valence-corrected chi connectivity index (χ2v) is 5.68. The van der Waals surface area contributed by atoms with Gasteiger partial charge >= 0.3 is 0 Å². The van der Waals surface area contributed by atoms with Crippen molar-refractivity contribution in [2.45, 2.75) is 26.3 Å². The summed E-state index contributed by atoms with van der Waals surface area (Å²) >= 11 is 1.42. The van der Waals surface area contributed by atoms with E-state index in [1.54, 1.807) is 7.11 Å². The Kier molecular flexibility index (Phi) is 3.93. The molecule has 0 atom stereocenters. The van der Waals surface area contributed by atoms with E-state index in [1.807, 2.05) is 26.8 Å². The van der Waals surface area contributed by atoms with Gasteiger partial charge in [-0.1, -0.05) is 0 Å². The van der Waals surface area contributed by atoms with Crippen LogP contribution in [-0.4, -0.2) is 25.1 Å². The van der Waals surface area contributed by atoms with Gasteiger partial charge in [0.25, 0.3) is 5.91 Å². The number of ether oxygens (including phenoxy) is 1. The van der Waals surface area contributed by atoms with Crippen LogP contribution in [0.25, 0.3) is 0 Å². The van der Waals surface area contributed by atoms with Gasteiger partial charge in [0.05, 0.1) is 7.11 Å². The Labute approximate surface area is 99.8 Å². The maximum Gasteiger partial charge on any atom is 0.265 e. The molecule has 0 aliphatic rings. The molecule has 1 aromatic rings. The molecular weight excluding hydrogens is 224 g/mol. The molecule has 90 valence electrons. The van der Waals surface area contributed by atoms with Gasteiger partial charge in [-0.25, -0.2) is 0 Å². The minimum absolute atomic E-state index is 0.131. The van der Waals surface area contributed by atoms with Crippen LogP contribution in [0, 0.1) is 6.92 Å². The van der Waals surface area contributed by atoms with E-state index in [2.05, 4.69) is 5.32 Å². The lowest BCUT2D eigenvalue weighted by Crippen LogP contribution is -2.45. The highest BCUT2D eigenvalue weighted by Crippen LogP contribution is 2.28. The second kappa shape index (κ2) is 4.84. The summed E-state index contributed by atoms with van der Waals surface area (Å²) in [5.41, 5.74) is 5.39. The number of aryl methyl sites for hydroxylation is 1. The minimum Gasteiger partial charge on any atom is -0.495 e. The quantitative estimate of drug-likeness (QED) is 0.841. The third kappa shape index (κ3) is 3.50. The van der Waals surface area contributed by atoms with Crippen LogP contribution in [0.1, 0.15) is 28.4 Å². The summed E-state index contributed by atoms with van der Waals surface area (Å²) in [7, 11) is 1.56. The lowest BCUT2D eigenvalue weighted by Gasteiger charge is -2.18. The number of nitrogens with one attached hydrogen (secondary N) is 1. The number of methoxy groups -OCH3 is 1. The maximum absolute atomic E-state index is 11.8. The minimum atomic E-state index is -0.408. The van der Waals surface area contributed by atoms with Crippen LogP contribution in [0.5, 0.6) is 5.75 Å². The predicted octanol–water partition coefficient (Wildman–Crippen LogP) is 1.53. The Hall–Kier alpha value is -1.07. The molecule has 3 N–H and O–H groups in total. The molecule has 0 bridgehead atoms. The van der Waals surface area contributed by atoms with Crippen molar-refractivity contribution < 1.29 is 9.53 Å². The average molecular weight is 242 g/mol. The Morgan fingerprint density at radius 1 is 1.62 bits per heavy atom. The van der Waals surface area contributed by atoms with Crippen molar-refractivity contribution in [2.24, 2.45) is 5.73 Å². The fourth-order valence-electron chi connectivity index (χ4n) is 1.19. The number of amides is 1. The van der Waals surface area contributed by atoms with Crippen molar-refractivity contribution in [3.05, 3.63) is 15.8 Å². The zero-order valence-corrected chi connectivity index (χ0v) is 10.9. The van der Waals surface area contributed by atoms with Crippen molar-refractivity contribution in [3.8, 4) is 5.75 Å². The molecule has 0 saturated heterocycles. The third-order valence-corrected chi connectivity index (χ3v) is 2.98. The number of hydrogen-bond donors (Lipinski definition) is 2. The fourth-order valence-corrected chi connectivity index (χ4v) is 2.08. The van der Waals surface area contributed by atoms with Gasteiger partial charge in [-0.3, -0.25) is 4.79 Å². The molecule has 1 amide bonds. The molecule has 1 aromatic heterocycles. The van der Waals surface area contributed by atoms with Crippen LogP contribution >= 0.6 is 11.3 Å². The number of nitrogens with two attached hydrogens (primary N) is 1. The number of hydrogen-bond acceptors (Lipinski definition) is 4. The molecule has 0 aliphatic carbocycles. The van der Waals surface area contributed by atoms with Crippen LogP contribution in [0.4, 0.5) is 0 Å². The van der Waals surface area contributed by atoms with E-state index >= 15 is 0 Å². The molecule has 1 heterocycles. The number of rotatable bonds is 4. The van der Waals surface area contributed by atoms with Crippen molar-refractivity contribution in [1.82, 2.24) is 5.32 Å². The number of thiophene rings is 1. The summed E-state index contributed by atoms with van der Waals surface area (Å²) in [6.45, 7) is 6.11. The summed E-state index contributed by atoms with van der Waals surface area (Å²) in [4.78, 5) is 13.5. The van der Waals surface area contributed by atoms with E-state index < -0.39 is 5.54 Å². The fraction of sp³-hybridized carbons (Fsp3) is 0.545. The smallest absolute Gasteiger partial charge is 0.265 e. The van der Waals surface area contributed by atoms with E-state index in [4.69, 9.17) is 10.5 Å². The molecule has 1 rings (SSSR count). The summed E-state index contributed by atoms with van der Waals surface area (Å²) in [6.07, 6.45) is 0. The first-order chi connectivity index (χ1) is 7.33. The molecule has 4 nitrogen and oxygen atoms in total. The van der Waals surface area contributed by atoms with E-state index in [-0.39, 0.29) is 5.91 Å². The van der Waals surface area contributed by atoms with E-state index in [9.17, 15) is 4.79 Å². The first-order valence-corrected chi connectivity index (χ1v) is 5.86. The van der Waals surface area contributed by atoms with E-state index in [0.717, 1.165) is 4.88 Å². The van der Waals surface area contributed by atoms with Crippen molar-refractivity contribution in [1.29, 1.82) is 0 Å². The lowest BCUT2D eigenvalue weighted by molar-refractivity contribution is 0.0947. The van der Waals surface area contributed by atoms with Crippen molar-refractivity contribution in [2.75, 3.05) is 13.7 Å². The second-order valence-electron chi connectivity index (χ2n) is 4.43. The Morgan fingerprint density at radius 3 is 2.75 bits per heavy atom.